The number of aliphatic hydroxyl groups excluding tert-OH is 5. The fourth-order valence-electron chi connectivity index (χ4n) is 9.99. The molecule has 9 nitrogen and oxygen atoms in total. The third-order valence-corrected chi connectivity index (χ3v) is 14.7. The molecule has 1 aliphatic rings. The molecule has 7 unspecified atom stereocenters. The van der Waals surface area contributed by atoms with Gasteiger partial charge in [-0.25, -0.2) is 0 Å². The van der Waals surface area contributed by atoms with E-state index in [0.717, 1.165) is 38.5 Å². The highest BCUT2D eigenvalue weighted by Crippen LogP contribution is 2.23. The number of hydrogen-bond acceptors (Lipinski definition) is 8. The summed E-state index contributed by atoms with van der Waals surface area (Å²) in [5.41, 5.74) is 0. The van der Waals surface area contributed by atoms with E-state index in [0.29, 0.717) is 12.8 Å². The minimum atomic E-state index is -1.55. The summed E-state index contributed by atoms with van der Waals surface area (Å²) in [4.78, 5) is 13.1. The first-order valence-electron chi connectivity index (χ1n) is 29.7. The molecule has 1 saturated heterocycles. The Kier molecular flexibility index (Phi) is 46.8. The molecule has 9 heteroatoms. The van der Waals surface area contributed by atoms with Crippen LogP contribution >= 0.6 is 0 Å². The SMILES string of the molecule is CCCCCCCCCCCCCCCCCCCCCCCCCCCCCCCCCC(=O)NC(COC1OC(CO)C(O)C(O)C1O)C(O)CCCCCCCCCCCCCCC. The van der Waals surface area contributed by atoms with Crippen molar-refractivity contribution >= 4 is 5.91 Å². The normalized spacial score (nSPS) is 19.5. The molecule has 0 aromatic rings. The molecule has 0 aliphatic carbocycles. The van der Waals surface area contributed by atoms with Gasteiger partial charge in [0.05, 0.1) is 25.4 Å². The summed E-state index contributed by atoms with van der Waals surface area (Å²) in [5.74, 6) is -0.137. The Morgan fingerprint density at radius 2 is 0.746 bits per heavy atom. The van der Waals surface area contributed by atoms with Crippen LogP contribution in [0.2, 0.25) is 0 Å². The molecule has 1 heterocycles. The van der Waals surface area contributed by atoms with Crippen LogP contribution in [0.5, 0.6) is 0 Å². The second-order valence-electron chi connectivity index (χ2n) is 21.2. The summed E-state index contributed by atoms with van der Waals surface area (Å²) in [6, 6.07) is -0.712. The summed E-state index contributed by atoms with van der Waals surface area (Å²) < 4.78 is 11.3. The van der Waals surface area contributed by atoms with Crippen LogP contribution in [0.4, 0.5) is 0 Å². The molecule has 1 fully saturated rings. The van der Waals surface area contributed by atoms with Gasteiger partial charge in [-0.2, -0.15) is 0 Å². The van der Waals surface area contributed by atoms with E-state index >= 15 is 0 Å². The van der Waals surface area contributed by atoms with Gasteiger partial charge in [0, 0.05) is 6.42 Å². The number of aliphatic hydroxyl groups is 5. The second-order valence-corrected chi connectivity index (χ2v) is 21.2. The van der Waals surface area contributed by atoms with E-state index in [2.05, 4.69) is 19.2 Å². The molecule has 0 aromatic heterocycles. The van der Waals surface area contributed by atoms with Crippen molar-refractivity contribution in [1.29, 1.82) is 0 Å². The Labute approximate surface area is 414 Å². The monoisotopic (exact) mass is 954 g/mol. The zero-order valence-electron chi connectivity index (χ0n) is 44.4. The van der Waals surface area contributed by atoms with Gasteiger partial charge in [-0.3, -0.25) is 4.79 Å². The van der Waals surface area contributed by atoms with Gasteiger partial charge in [0.2, 0.25) is 5.91 Å². The number of amides is 1. The smallest absolute Gasteiger partial charge is 0.220 e. The summed E-state index contributed by atoms with van der Waals surface area (Å²) >= 11 is 0. The highest BCUT2D eigenvalue weighted by molar-refractivity contribution is 5.76. The maximum absolute atomic E-state index is 13.1. The Morgan fingerprint density at radius 3 is 1.06 bits per heavy atom. The van der Waals surface area contributed by atoms with Crippen LogP contribution < -0.4 is 5.32 Å². The van der Waals surface area contributed by atoms with E-state index in [1.54, 1.807) is 0 Å². The molecule has 67 heavy (non-hydrogen) atoms. The highest BCUT2D eigenvalue weighted by Gasteiger charge is 2.44. The molecular weight excluding hydrogens is 839 g/mol. The van der Waals surface area contributed by atoms with Crippen molar-refractivity contribution < 1.29 is 39.8 Å². The molecule has 1 aliphatic heterocycles. The van der Waals surface area contributed by atoms with Gasteiger partial charge >= 0.3 is 0 Å². The van der Waals surface area contributed by atoms with Crippen LogP contribution in [0, 0.1) is 0 Å². The number of carbonyl (C=O) groups excluding carboxylic acids is 1. The third-order valence-electron chi connectivity index (χ3n) is 14.7. The minimum Gasteiger partial charge on any atom is -0.394 e. The minimum absolute atomic E-state index is 0.131. The molecule has 0 bridgehead atoms. The van der Waals surface area contributed by atoms with Crippen molar-refractivity contribution in [3.63, 3.8) is 0 Å². The number of rotatable bonds is 52. The quantitative estimate of drug-likeness (QED) is 0.0330. The van der Waals surface area contributed by atoms with Gasteiger partial charge in [0.15, 0.2) is 6.29 Å². The van der Waals surface area contributed by atoms with E-state index in [1.165, 1.54) is 244 Å². The average Bonchev–Trinajstić information content (AvgIpc) is 3.33. The van der Waals surface area contributed by atoms with Crippen molar-refractivity contribution in [2.24, 2.45) is 0 Å². The first kappa shape index (κ1) is 64.2. The van der Waals surface area contributed by atoms with Gasteiger partial charge in [-0.15, -0.1) is 0 Å². The molecule has 1 rings (SSSR count). The molecule has 6 N–H and O–H groups in total. The van der Waals surface area contributed by atoms with Gasteiger partial charge in [0.1, 0.15) is 24.4 Å². The van der Waals surface area contributed by atoms with Crippen LogP contribution in [-0.2, 0) is 14.3 Å². The molecule has 0 radical (unpaired) electrons. The zero-order chi connectivity index (χ0) is 48.7. The summed E-state index contributed by atoms with van der Waals surface area (Å²) in [5, 5.41) is 54.6. The van der Waals surface area contributed by atoms with E-state index in [-0.39, 0.29) is 12.5 Å². The highest BCUT2D eigenvalue weighted by atomic mass is 16.7. The maximum atomic E-state index is 13.1. The maximum Gasteiger partial charge on any atom is 0.220 e. The third kappa shape index (κ3) is 38.5. The topological polar surface area (TPSA) is 149 Å². The Morgan fingerprint density at radius 1 is 0.448 bits per heavy atom. The largest absolute Gasteiger partial charge is 0.394 e. The van der Waals surface area contributed by atoms with Crippen LogP contribution in [0.1, 0.15) is 309 Å². The second kappa shape index (κ2) is 48.8. The fourth-order valence-corrected chi connectivity index (χ4v) is 9.99. The van der Waals surface area contributed by atoms with Gasteiger partial charge in [0.25, 0.3) is 0 Å². The van der Waals surface area contributed by atoms with Gasteiger partial charge in [-0.1, -0.05) is 290 Å². The molecule has 0 saturated carbocycles. The van der Waals surface area contributed by atoms with E-state index < -0.39 is 49.5 Å². The van der Waals surface area contributed by atoms with Crippen LogP contribution in [0.3, 0.4) is 0 Å². The average molecular weight is 955 g/mol. The Bertz CT molecular complexity index is 1020. The van der Waals surface area contributed by atoms with Crippen molar-refractivity contribution in [2.75, 3.05) is 13.2 Å². The predicted molar refractivity (Wildman–Crippen MR) is 281 cm³/mol. The molecule has 0 spiro atoms. The molecular formula is C58H115NO8. The van der Waals surface area contributed by atoms with E-state index in [9.17, 15) is 30.3 Å². The van der Waals surface area contributed by atoms with Gasteiger partial charge < -0.3 is 40.3 Å². The first-order chi connectivity index (χ1) is 32.8. The van der Waals surface area contributed by atoms with Crippen molar-refractivity contribution in [3.05, 3.63) is 0 Å². The molecule has 400 valence electrons. The van der Waals surface area contributed by atoms with Crippen molar-refractivity contribution in [2.45, 2.75) is 352 Å². The standard InChI is InChI=1S/C58H115NO8/c1-3-5-7-9-11-13-15-17-18-19-20-21-22-23-24-25-26-27-28-29-30-31-32-33-34-36-38-40-42-44-46-48-54(62)59-51(50-66-58-57(65)56(64)55(63)53(49-60)67-58)52(61)47-45-43-41-39-37-35-16-14-12-10-8-6-4-2/h51-53,55-58,60-61,63-65H,3-50H2,1-2H3,(H,59,62). The van der Waals surface area contributed by atoms with E-state index in [1.807, 2.05) is 0 Å². The summed E-state index contributed by atoms with van der Waals surface area (Å²) in [6.45, 7) is 3.87. The van der Waals surface area contributed by atoms with Crippen LogP contribution in [0.15, 0.2) is 0 Å². The predicted octanol–water partition coefficient (Wildman–Crippen LogP) is 14.6. The summed E-state index contributed by atoms with van der Waals surface area (Å²) in [6.07, 6.45) is 51.6. The lowest BCUT2D eigenvalue weighted by molar-refractivity contribution is -0.302. The Hall–Kier alpha value is -0.810. The number of unbranched alkanes of at least 4 members (excludes halogenated alkanes) is 42. The van der Waals surface area contributed by atoms with Crippen molar-refractivity contribution in [3.8, 4) is 0 Å². The number of carbonyl (C=O) groups is 1. The lowest BCUT2D eigenvalue weighted by Gasteiger charge is -2.40. The lowest BCUT2D eigenvalue weighted by atomic mass is 9.99. The van der Waals surface area contributed by atoms with E-state index in [4.69, 9.17) is 9.47 Å². The number of nitrogens with one attached hydrogen (secondary N) is 1. The van der Waals surface area contributed by atoms with Crippen molar-refractivity contribution in [1.82, 2.24) is 5.32 Å². The van der Waals surface area contributed by atoms with Crippen LogP contribution in [-0.4, -0.2) is 87.5 Å². The molecule has 0 aromatic carbocycles. The number of ether oxygens (including phenoxy) is 2. The van der Waals surface area contributed by atoms with Gasteiger partial charge in [-0.05, 0) is 12.8 Å². The zero-order valence-corrected chi connectivity index (χ0v) is 44.4. The van der Waals surface area contributed by atoms with Crippen LogP contribution in [0.25, 0.3) is 0 Å². The molecule has 1 amide bonds. The first-order valence-corrected chi connectivity index (χ1v) is 29.7. The lowest BCUT2D eigenvalue weighted by Crippen LogP contribution is -2.60. The number of hydrogen-bond donors (Lipinski definition) is 6. The molecule has 7 atom stereocenters. The fraction of sp³-hybridized carbons (Fsp3) is 0.983. The summed E-state index contributed by atoms with van der Waals surface area (Å²) in [7, 11) is 0. The Balaban J connectivity index is 2.08.